The maximum atomic E-state index is 5.82. The average Bonchev–Trinajstić information content (AvgIpc) is 2.37. The van der Waals surface area contributed by atoms with E-state index >= 15 is 0 Å². The lowest BCUT2D eigenvalue weighted by Gasteiger charge is -2.07. The number of ether oxygens (including phenoxy) is 2. The molecule has 94 valence electrons. The second-order valence-corrected chi connectivity index (χ2v) is 3.93. The molecule has 0 amide bonds. The molecule has 0 aliphatic carbocycles. The Morgan fingerprint density at radius 3 is 2.44 bits per heavy atom. The zero-order valence-corrected chi connectivity index (χ0v) is 11.0. The van der Waals surface area contributed by atoms with Gasteiger partial charge in [-0.1, -0.05) is 0 Å². The number of hydrogen-bond donors (Lipinski definition) is 0. The van der Waals surface area contributed by atoms with E-state index in [0.717, 1.165) is 16.9 Å². The molecule has 18 heavy (non-hydrogen) atoms. The number of hydrogen-bond acceptors (Lipinski definition) is 5. The predicted molar refractivity (Wildman–Crippen MR) is 68.1 cm³/mol. The van der Waals surface area contributed by atoms with Crippen LogP contribution in [0, 0.1) is 6.92 Å². The topological polar surface area (TPSA) is 57.1 Å². The summed E-state index contributed by atoms with van der Waals surface area (Å²) in [5.74, 6) is 1.26. The van der Waals surface area contributed by atoms with Crippen LogP contribution < -0.4 is 9.47 Å². The molecule has 0 N–H and O–H groups in total. The number of methoxy groups -OCH3 is 2. The third kappa shape index (κ3) is 2.51. The molecule has 5 nitrogen and oxygen atoms in total. The Morgan fingerprint density at radius 1 is 1.06 bits per heavy atom. The Morgan fingerprint density at radius 2 is 1.83 bits per heavy atom. The van der Waals surface area contributed by atoms with E-state index < -0.39 is 0 Å². The zero-order valence-electron chi connectivity index (χ0n) is 10.3. The summed E-state index contributed by atoms with van der Waals surface area (Å²) in [4.78, 5) is 12.1. The van der Waals surface area contributed by atoms with Gasteiger partial charge in [-0.2, -0.15) is 15.0 Å². The lowest BCUT2D eigenvalue weighted by molar-refractivity contribution is 0.379. The van der Waals surface area contributed by atoms with E-state index in [1.54, 1.807) is 7.11 Å². The summed E-state index contributed by atoms with van der Waals surface area (Å²) in [6.45, 7) is 1.95. The minimum absolute atomic E-state index is 0.104. The fourth-order valence-electron chi connectivity index (χ4n) is 1.56. The number of aryl methyl sites for hydroxylation is 1. The van der Waals surface area contributed by atoms with Crippen molar-refractivity contribution in [3.05, 3.63) is 29.0 Å². The van der Waals surface area contributed by atoms with Crippen molar-refractivity contribution in [2.45, 2.75) is 6.92 Å². The van der Waals surface area contributed by atoms with Crippen LogP contribution in [-0.4, -0.2) is 29.2 Å². The fourth-order valence-corrected chi connectivity index (χ4v) is 1.71. The highest BCUT2D eigenvalue weighted by atomic mass is 35.5. The minimum Gasteiger partial charge on any atom is -0.497 e. The van der Waals surface area contributed by atoms with Crippen LogP contribution in [0.1, 0.15) is 5.56 Å². The lowest BCUT2D eigenvalue weighted by atomic mass is 10.1. The van der Waals surface area contributed by atoms with Crippen molar-refractivity contribution in [1.82, 2.24) is 15.0 Å². The Bertz CT molecular complexity index is 575. The maximum Gasteiger partial charge on any atom is 0.321 e. The molecular weight excluding hydrogens is 254 g/mol. The molecule has 0 bridgehead atoms. The molecule has 1 aromatic heterocycles. The number of benzene rings is 1. The van der Waals surface area contributed by atoms with Gasteiger partial charge in [0.05, 0.1) is 14.2 Å². The molecule has 2 aromatic rings. The molecule has 0 aliphatic heterocycles. The van der Waals surface area contributed by atoms with Crippen molar-refractivity contribution >= 4 is 11.6 Å². The molecule has 6 heteroatoms. The van der Waals surface area contributed by atoms with E-state index in [4.69, 9.17) is 21.1 Å². The van der Waals surface area contributed by atoms with Crippen molar-refractivity contribution in [3.63, 3.8) is 0 Å². The Labute approximate surface area is 110 Å². The molecule has 0 aliphatic rings. The summed E-state index contributed by atoms with van der Waals surface area (Å²) >= 11 is 5.82. The van der Waals surface area contributed by atoms with Gasteiger partial charge in [0.15, 0.2) is 5.82 Å². The third-order valence-electron chi connectivity index (χ3n) is 2.44. The lowest BCUT2D eigenvalue weighted by Crippen LogP contribution is -1.99. The number of aromatic nitrogens is 3. The maximum absolute atomic E-state index is 5.82. The zero-order chi connectivity index (χ0) is 13.1. The first kappa shape index (κ1) is 12.6. The summed E-state index contributed by atoms with van der Waals surface area (Å²) in [6, 6.07) is 5.81. The number of nitrogens with zero attached hydrogens (tertiary/aromatic N) is 3. The van der Waals surface area contributed by atoms with E-state index in [1.165, 1.54) is 7.11 Å². The molecule has 0 spiro atoms. The third-order valence-corrected chi connectivity index (χ3v) is 2.61. The first-order valence-corrected chi connectivity index (χ1v) is 5.62. The van der Waals surface area contributed by atoms with Gasteiger partial charge in [-0.3, -0.25) is 0 Å². The van der Waals surface area contributed by atoms with Crippen LogP contribution >= 0.6 is 11.6 Å². The summed E-state index contributed by atoms with van der Waals surface area (Å²) in [5.41, 5.74) is 1.84. The number of halogens is 1. The van der Waals surface area contributed by atoms with Gasteiger partial charge >= 0.3 is 6.01 Å². The molecule has 1 aromatic carbocycles. The second kappa shape index (κ2) is 5.18. The molecule has 2 rings (SSSR count). The fraction of sp³-hybridized carbons (Fsp3) is 0.250. The Balaban J connectivity index is 2.51. The van der Waals surface area contributed by atoms with Gasteiger partial charge < -0.3 is 9.47 Å². The normalized spacial score (nSPS) is 10.2. The van der Waals surface area contributed by atoms with Crippen molar-refractivity contribution in [1.29, 1.82) is 0 Å². The van der Waals surface area contributed by atoms with Gasteiger partial charge in [-0.05, 0) is 42.3 Å². The summed E-state index contributed by atoms with van der Waals surface area (Å²) < 4.78 is 10.1. The van der Waals surface area contributed by atoms with Crippen LogP contribution in [0.4, 0.5) is 0 Å². The first-order chi connectivity index (χ1) is 8.63. The second-order valence-electron chi connectivity index (χ2n) is 3.60. The highest BCUT2D eigenvalue weighted by Gasteiger charge is 2.10. The Kier molecular flexibility index (Phi) is 3.62. The predicted octanol–water partition coefficient (Wildman–Crippen LogP) is 2.52. The molecule has 0 atom stereocenters. The van der Waals surface area contributed by atoms with E-state index in [2.05, 4.69) is 15.0 Å². The smallest absolute Gasteiger partial charge is 0.321 e. The van der Waals surface area contributed by atoms with E-state index in [-0.39, 0.29) is 11.3 Å². The molecule has 0 fully saturated rings. The standard InChI is InChI=1S/C12H12ClN3O2/c1-7-6-8(17-2)4-5-9(7)10-14-11(13)16-12(15-10)18-3/h4-6H,1-3H3. The highest BCUT2D eigenvalue weighted by Crippen LogP contribution is 2.25. The van der Waals surface area contributed by atoms with Gasteiger partial charge in [-0.15, -0.1) is 0 Å². The highest BCUT2D eigenvalue weighted by molar-refractivity contribution is 6.28. The van der Waals surface area contributed by atoms with Crippen LogP contribution in [0.5, 0.6) is 11.8 Å². The van der Waals surface area contributed by atoms with Gasteiger partial charge in [0, 0.05) is 5.56 Å². The largest absolute Gasteiger partial charge is 0.497 e. The van der Waals surface area contributed by atoms with Gasteiger partial charge in [0.25, 0.3) is 0 Å². The van der Waals surface area contributed by atoms with Crippen LogP contribution in [0.25, 0.3) is 11.4 Å². The van der Waals surface area contributed by atoms with Gasteiger partial charge in [-0.25, -0.2) is 0 Å². The van der Waals surface area contributed by atoms with Crippen molar-refractivity contribution in [2.24, 2.45) is 0 Å². The summed E-state index contributed by atoms with van der Waals surface area (Å²) in [5, 5.41) is 0.104. The molecule has 0 saturated heterocycles. The SMILES string of the molecule is COc1ccc(-c2nc(Cl)nc(OC)n2)c(C)c1. The quantitative estimate of drug-likeness (QED) is 0.853. The van der Waals surface area contributed by atoms with Crippen LogP contribution in [0.2, 0.25) is 5.28 Å². The monoisotopic (exact) mass is 265 g/mol. The van der Waals surface area contributed by atoms with E-state index in [9.17, 15) is 0 Å². The van der Waals surface area contributed by atoms with Crippen LogP contribution in [-0.2, 0) is 0 Å². The first-order valence-electron chi connectivity index (χ1n) is 5.24. The molecule has 0 unspecified atom stereocenters. The van der Waals surface area contributed by atoms with E-state index in [1.807, 2.05) is 25.1 Å². The molecule has 1 heterocycles. The number of rotatable bonds is 3. The summed E-state index contributed by atoms with van der Waals surface area (Å²) in [7, 11) is 3.10. The Hall–Kier alpha value is -1.88. The van der Waals surface area contributed by atoms with E-state index in [0.29, 0.717) is 5.82 Å². The minimum atomic E-state index is 0.104. The van der Waals surface area contributed by atoms with Crippen molar-refractivity contribution in [2.75, 3.05) is 14.2 Å². The van der Waals surface area contributed by atoms with Crippen LogP contribution in [0.15, 0.2) is 18.2 Å². The van der Waals surface area contributed by atoms with Gasteiger partial charge in [0.2, 0.25) is 5.28 Å². The summed E-state index contributed by atoms with van der Waals surface area (Å²) in [6.07, 6.45) is 0. The van der Waals surface area contributed by atoms with Crippen molar-refractivity contribution in [3.8, 4) is 23.1 Å². The molecule has 0 saturated carbocycles. The van der Waals surface area contributed by atoms with Gasteiger partial charge in [0.1, 0.15) is 5.75 Å². The van der Waals surface area contributed by atoms with Crippen LogP contribution in [0.3, 0.4) is 0 Å². The average molecular weight is 266 g/mol. The molecular formula is C12H12ClN3O2. The molecule has 0 radical (unpaired) electrons. The van der Waals surface area contributed by atoms with Crippen molar-refractivity contribution < 1.29 is 9.47 Å².